The van der Waals surface area contributed by atoms with Gasteiger partial charge in [0.25, 0.3) is 0 Å². The molecule has 14 heavy (non-hydrogen) atoms. The molecule has 0 amide bonds. The van der Waals surface area contributed by atoms with Crippen molar-refractivity contribution >= 4 is 0 Å². The second-order valence-corrected chi connectivity index (χ2v) is 3.30. The summed E-state index contributed by atoms with van der Waals surface area (Å²) in [6.45, 7) is 4.16. The Morgan fingerprint density at radius 2 is 2.07 bits per heavy atom. The Hall–Kier alpha value is -1.78. The second kappa shape index (κ2) is 3.53. The van der Waals surface area contributed by atoms with Gasteiger partial charge in [0, 0.05) is 6.20 Å². The molecule has 0 unspecified atom stereocenters. The summed E-state index contributed by atoms with van der Waals surface area (Å²) in [6, 6.07) is 0. The molecule has 2 aromatic heterocycles. The fourth-order valence-corrected chi connectivity index (χ4v) is 1.09. The minimum atomic E-state index is 0.367. The lowest BCUT2D eigenvalue weighted by Crippen LogP contribution is -2.02. The zero-order valence-electron chi connectivity index (χ0n) is 8.12. The number of nitrogens with zero attached hydrogens (tertiary/aromatic N) is 5. The molecular weight excluding hydrogens is 178 g/mol. The van der Waals surface area contributed by atoms with Crippen molar-refractivity contribution in [1.82, 2.24) is 24.7 Å². The van der Waals surface area contributed by atoms with Crippen LogP contribution in [0.3, 0.4) is 0 Å². The van der Waals surface area contributed by atoms with Crippen LogP contribution in [0, 0.1) is 0 Å². The molecule has 0 fully saturated rings. The van der Waals surface area contributed by atoms with Gasteiger partial charge in [0.05, 0.1) is 11.9 Å². The van der Waals surface area contributed by atoms with Crippen LogP contribution in [0.15, 0.2) is 25.0 Å². The van der Waals surface area contributed by atoms with E-state index in [2.05, 4.69) is 33.9 Å². The van der Waals surface area contributed by atoms with Gasteiger partial charge in [-0.1, -0.05) is 13.8 Å². The molecule has 0 radical (unpaired) electrons. The number of aromatic nitrogens is 5. The van der Waals surface area contributed by atoms with Crippen LogP contribution in [0.5, 0.6) is 0 Å². The highest BCUT2D eigenvalue weighted by Gasteiger charge is 2.04. The molecule has 0 saturated heterocycles. The van der Waals surface area contributed by atoms with Gasteiger partial charge < -0.3 is 0 Å². The highest BCUT2D eigenvalue weighted by Crippen LogP contribution is 2.10. The van der Waals surface area contributed by atoms with E-state index in [1.807, 2.05) is 0 Å². The lowest BCUT2D eigenvalue weighted by atomic mass is 10.1. The molecule has 2 heterocycles. The van der Waals surface area contributed by atoms with Crippen LogP contribution in [-0.4, -0.2) is 24.7 Å². The minimum Gasteiger partial charge on any atom is -0.259 e. The molecule has 0 aliphatic rings. The second-order valence-electron chi connectivity index (χ2n) is 3.30. The van der Waals surface area contributed by atoms with Gasteiger partial charge in [-0.25, -0.2) is 14.6 Å². The Kier molecular flexibility index (Phi) is 2.22. The van der Waals surface area contributed by atoms with Gasteiger partial charge in [-0.3, -0.25) is 4.98 Å². The molecule has 72 valence electrons. The summed E-state index contributed by atoms with van der Waals surface area (Å²) in [5, 5.41) is 3.99. The van der Waals surface area contributed by atoms with Crippen LogP contribution in [0.4, 0.5) is 0 Å². The average Bonchev–Trinajstić information content (AvgIpc) is 2.71. The van der Waals surface area contributed by atoms with E-state index >= 15 is 0 Å². The molecule has 0 aliphatic heterocycles. The Morgan fingerprint density at radius 1 is 1.21 bits per heavy atom. The van der Waals surface area contributed by atoms with Gasteiger partial charge in [0.1, 0.15) is 12.7 Å². The third kappa shape index (κ3) is 1.61. The van der Waals surface area contributed by atoms with Crippen molar-refractivity contribution in [3.8, 4) is 5.82 Å². The molecule has 5 heteroatoms. The molecule has 0 N–H and O–H groups in total. The zero-order chi connectivity index (χ0) is 9.97. The number of rotatable bonds is 2. The van der Waals surface area contributed by atoms with Crippen molar-refractivity contribution in [1.29, 1.82) is 0 Å². The van der Waals surface area contributed by atoms with E-state index in [9.17, 15) is 0 Å². The lowest BCUT2D eigenvalue weighted by molar-refractivity contribution is 0.770. The van der Waals surface area contributed by atoms with Crippen molar-refractivity contribution in [3.05, 3.63) is 30.7 Å². The Labute approximate surface area is 81.8 Å². The summed E-state index contributed by atoms with van der Waals surface area (Å²) >= 11 is 0. The minimum absolute atomic E-state index is 0.367. The van der Waals surface area contributed by atoms with Crippen LogP contribution in [-0.2, 0) is 0 Å². The maximum absolute atomic E-state index is 4.41. The van der Waals surface area contributed by atoms with E-state index in [1.165, 1.54) is 6.33 Å². The summed E-state index contributed by atoms with van der Waals surface area (Å²) in [6.07, 6.45) is 6.52. The van der Waals surface area contributed by atoms with E-state index in [-0.39, 0.29) is 0 Å². The number of hydrogen-bond donors (Lipinski definition) is 0. The molecule has 2 rings (SSSR count). The molecule has 0 spiro atoms. The van der Waals surface area contributed by atoms with Crippen molar-refractivity contribution in [3.63, 3.8) is 0 Å². The predicted octanol–water partition coefficient (Wildman–Crippen LogP) is 1.18. The predicted molar refractivity (Wildman–Crippen MR) is 51.0 cm³/mol. The first-order valence-electron chi connectivity index (χ1n) is 4.44. The van der Waals surface area contributed by atoms with Crippen LogP contribution in [0.2, 0.25) is 0 Å². The first kappa shape index (κ1) is 8.80. The average molecular weight is 189 g/mol. The lowest BCUT2D eigenvalue weighted by Gasteiger charge is -2.05. The van der Waals surface area contributed by atoms with Crippen LogP contribution in [0.1, 0.15) is 25.5 Å². The molecule has 2 aromatic rings. The van der Waals surface area contributed by atoms with E-state index in [0.717, 1.165) is 5.69 Å². The standard InChI is InChI=1S/C9H11N5/c1-7(2)8-3-10-4-9(13-8)14-6-11-5-12-14/h3-7H,1-2H3. The summed E-state index contributed by atoms with van der Waals surface area (Å²) in [7, 11) is 0. The van der Waals surface area contributed by atoms with Gasteiger partial charge in [-0.2, -0.15) is 5.10 Å². The molecule has 0 bridgehead atoms. The quantitative estimate of drug-likeness (QED) is 0.711. The molecular formula is C9H11N5. The van der Waals surface area contributed by atoms with Crippen LogP contribution < -0.4 is 0 Å². The third-order valence-corrected chi connectivity index (χ3v) is 1.89. The van der Waals surface area contributed by atoms with E-state index in [1.54, 1.807) is 23.4 Å². The monoisotopic (exact) mass is 189 g/mol. The van der Waals surface area contributed by atoms with E-state index in [0.29, 0.717) is 11.7 Å². The SMILES string of the molecule is CC(C)c1cncc(-n2cncn2)n1. The molecule has 0 aliphatic carbocycles. The van der Waals surface area contributed by atoms with Gasteiger partial charge >= 0.3 is 0 Å². The van der Waals surface area contributed by atoms with Gasteiger partial charge in [-0.15, -0.1) is 0 Å². The maximum atomic E-state index is 4.41. The molecule has 5 nitrogen and oxygen atoms in total. The van der Waals surface area contributed by atoms with Crippen LogP contribution in [0.25, 0.3) is 5.82 Å². The van der Waals surface area contributed by atoms with Crippen molar-refractivity contribution in [2.24, 2.45) is 0 Å². The fourth-order valence-electron chi connectivity index (χ4n) is 1.09. The highest BCUT2D eigenvalue weighted by molar-refractivity contribution is 5.18. The Balaban J connectivity index is 2.41. The van der Waals surface area contributed by atoms with E-state index in [4.69, 9.17) is 0 Å². The normalized spacial score (nSPS) is 10.8. The summed E-state index contributed by atoms with van der Waals surface area (Å²) < 4.78 is 1.60. The Bertz CT molecular complexity index is 407. The van der Waals surface area contributed by atoms with Crippen molar-refractivity contribution in [2.45, 2.75) is 19.8 Å². The van der Waals surface area contributed by atoms with Crippen molar-refractivity contribution < 1.29 is 0 Å². The molecule has 0 saturated carbocycles. The topological polar surface area (TPSA) is 56.5 Å². The van der Waals surface area contributed by atoms with Crippen LogP contribution >= 0.6 is 0 Å². The Morgan fingerprint density at radius 3 is 2.71 bits per heavy atom. The number of hydrogen-bond acceptors (Lipinski definition) is 4. The van der Waals surface area contributed by atoms with Crippen molar-refractivity contribution in [2.75, 3.05) is 0 Å². The maximum Gasteiger partial charge on any atom is 0.173 e. The molecule has 0 aromatic carbocycles. The third-order valence-electron chi connectivity index (χ3n) is 1.89. The summed E-state index contributed by atoms with van der Waals surface area (Å²) in [5.74, 6) is 1.07. The van der Waals surface area contributed by atoms with Gasteiger partial charge in [0.15, 0.2) is 5.82 Å². The van der Waals surface area contributed by atoms with Gasteiger partial charge in [-0.05, 0) is 5.92 Å². The van der Waals surface area contributed by atoms with E-state index < -0.39 is 0 Å². The largest absolute Gasteiger partial charge is 0.259 e. The smallest absolute Gasteiger partial charge is 0.173 e. The summed E-state index contributed by atoms with van der Waals surface area (Å²) in [4.78, 5) is 12.4. The summed E-state index contributed by atoms with van der Waals surface area (Å²) in [5.41, 5.74) is 0.956. The van der Waals surface area contributed by atoms with Gasteiger partial charge in [0.2, 0.25) is 0 Å². The zero-order valence-corrected chi connectivity index (χ0v) is 8.12. The first-order chi connectivity index (χ1) is 6.77. The first-order valence-corrected chi connectivity index (χ1v) is 4.44. The molecule has 0 atom stereocenters. The highest BCUT2D eigenvalue weighted by atomic mass is 15.3. The fraction of sp³-hybridized carbons (Fsp3) is 0.333.